The molecule has 0 unspecified atom stereocenters. The first-order chi connectivity index (χ1) is 6.78. The maximum absolute atomic E-state index is 10.5. The van der Waals surface area contributed by atoms with Crippen LogP contribution in [0.25, 0.3) is 0 Å². The normalized spacial score (nSPS) is 10.4. The van der Waals surface area contributed by atoms with E-state index in [0.717, 1.165) is 28.8 Å². The zero-order valence-corrected chi connectivity index (χ0v) is 8.62. The predicted octanol–water partition coefficient (Wildman–Crippen LogP) is 2.11. The van der Waals surface area contributed by atoms with Gasteiger partial charge in [0.15, 0.2) is 6.29 Å². The number of aldehydes is 1. The Hall–Kier alpha value is -1.42. The maximum Gasteiger partial charge on any atom is 0.160 e. The third kappa shape index (κ3) is 1.90. The summed E-state index contributed by atoms with van der Waals surface area (Å²) >= 11 is 1.47. The quantitative estimate of drug-likeness (QED) is 0.721. The van der Waals surface area contributed by atoms with Crippen LogP contribution in [0, 0.1) is 6.92 Å². The molecule has 14 heavy (non-hydrogen) atoms. The van der Waals surface area contributed by atoms with Crippen LogP contribution in [-0.2, 0) is 6.54 Å². The Kier molecular flexibility index (Phi) is 2.45. The van der Waals surface area contributed by atoms with Crippen LogP contribution in [-0.4, -0.2) is 16.1 Å². The lowest BCUT2D eigenvalue weighted by atomic mass is 10.3. The highest BCUT2D eigenvalue weighted by Crippen LogP contribution is 2.13. The largest absolute Gasteiger partial charge is 0.297 e. The molecule has 0 aliphatic heterocycles. The number of rotatable bonds is 3. The van der Waals surface area contributed by atoms with E-state index < -0.39 is 0 Å². The van der Waals surface area contributed by atoms with Gasteiger partial charge >= 0.3 is 0 Å². The van der Waals surface area contributed by atoms with Gasteiger partial charge in [0.2, 0.25) is 0 Å². The molecule has 0 fully saturated rings. The average molecular weight is 206 g/mol. The van der Waals surface area contributed by atoms with Crippen molar-refractivity contribution in [1.82, 2.24) is 9.78 Å². The van der Waals surface area contributed by atoms with Crippen LogP contribution >= 0.6 is 11.3 Å². The van der Waals surface area contributed by atoms with Crippen LogP contribution in [0.15, 0.2) is 23.8 Å². The lowest BCUT2D eigenvalue weighted by Crippen LogP contribution is -1.98. The van der Waals surface area contributed by atoms with Gasteiger partial charge in [-0.15, -0.1) is 11.3 Å². The van der Waals surface area contributed by atoms with E-state index in [4.69, 9.17) is 0 Å². The fraction of sp³-hybridized carbons (Fsp3) is 0.200. The highest BCUT2D eigenvalue weighted by atomic mass is 32.1. The molecule has 0 N–H and O–H groups in total. The lowest BCUT2D eigenvalue weighted by molar-refractivity contribution is 0.112. The molecule has 2 heterocycles. The average Bonchev–Trinajstić information content (AvgIpc) is 2.76. The first-order valence-corrected chi connectivity index (χ1v) is 5.17. The van der Waals surface area contributed by atoms with Crippen molar-refractivity contribution in [1.29, 1.82) is 0 Å². The van der Waals surface area contributed by atoms with E-state index in [0.29, 0.717) is 0 Å². The van der Waals surface area contributed by atoms with Gasteiger partial charge in [0.25, 0.3) is 0 Å². The molecule has 0 saturated heterocycles. The number of nitrogens with zero attached hydrogens (tertiary/aromatic N) is 2. The number of carbonyl (C=O) groups is 1. The van der Waals surface area contributed by atoms with Gasteiger partial charge in [0.1, 0.15) is 0 Å². The van der Waals surface area contributed by atoms with Crippen LogP contribution in [0.4, 0.5) is 0 Å². The minimum Gasteiger partial charge on any atom is -0.297 e. The number of thiophene rings is 1. The van der Waals surface area contributed by atoms with Crippen molar-refractivity contribution < 1.29 is 4.79 Å². The number of aromatic nitrogens is 2. The molecule has 3 nitrogen and oxygen atoms in total. The highest BCUT2D eigenvalue weighted by molar-refractivity contribution is 7.11. The lowest BCUT2D eigenvalue weighted by Gasteiger charge is -1.96. The second-order valence-corrected chi connectivity index (χ2v) is 4.13. The van der Waals surface area contributed by atoms with Gasteiger partial charge in [-0.2, -0.15) is 5.10 Å². The first kappa shape index (κ1) is 9.15. The third-order valence-corrected chi connectivity index (χ3v) is 2.80. The summed E-state index contributed by atoms with van der Waals surface area (Å²) in [7, 11) is 0. The Labute approximate surface area is 86.0 Å². The monoisotopic (exact) mass is 206 g/mol. The zero-order valence-electron chi connectivity index (χ0n) is 7.80. The van der Waals surface area contributed by atoms with Crippen molar-refractivity contribution in [3.63, 3.8) is 0 Å². The molecule has 0 saturated carbocycles. The van der Waals surface area contributed by atoms with E-state index in [9.17, 15) is 4.79 Å². The molecule has 0 aromatic carbocycles. The third-order valence-electron chi connectivity index (χ3n) is 1.90. The van der Waals surface area contributed by atoms with Gasteiger partial charge in [-0.25, -0.2) is 0 Å². The molecular weight excluding hydrogens is 196 g/mol. The number of hydrogen-bond donors (Lipinski definition) is 0. The van der Waals surface area contributed by atoms with Gasteiger partial charge in [-0.1, -0.05) is 0 Å². The molecular formula is C10H10N2OS. The van der Waals surface area contributed by atoms with Crippen molar-refractivity contribution in [2.24, 2.45) is 0 Å². The Morgan fingerprint density at radius 1 is 1.64 bits per heavy atom. The first-order valence-electron chi connectivity index (χ1n) is 4.29. The van der Waals surface area contributed by atoms with E-state index in [-0.39, 0.29) is 0 Å². The van der Waals surface area contributed by atoms with Gasteiger partial charge in [-0.05, 0) is 29.5 Å². The van der Waals surface area contributed by atoms with E-state index in [2.05, 4.69) is 5.10 Å². The van der Waals surface area contributed by atoms with Gasteiger partial charge in [-0.3, -0.25) is 9.48 Å². The molecule has 2 rings (SSSR count). The summed E-state index contributed by atoms with van der Waals surface area (Å²) in [5, 5.41) is 6.17. The smallest absolute Gasteiger partial charge is 0.160 e. The second-order valence-electron chi connectivity index (χ2n) is 3.19. The Bertz CT molecular complexity index is 444. The summed E-state index contributed by atoms with van der Waals surface area (Å²) in [5.41, 5.74) is 2.27. The summed E-state index contributed by atoms with van der Waals surface area (Å²) in [6.45, 7) is 2.74. The summed E-state index contributed by atoms with van der Waals surface area (Å²) in [6.07, 6.45) is 4.69. The molecule has 0 bridgehead atoms. The molecule has 0 amide bonds. The molecule has 0 aliphatic rings. The molecule has 2 aromatic heterocycles. The minimum absolute atomic E-state index is 0.734. The number of hydrogen-bond acceptors (Lipinski definition) is 3. The Balaban J connectivity index is 2.14. The summed E-state index contributed by atoms with van der Waals surface area (Å²) < 4.78 is 1.87. The number of aryl methyl sites for hydroxylation is 1. The van der Waals surface area contributed by atoms with Gasteiger partial charge in [0.05, 0.1) is 17.6 Å². The van der Waals surface area contributed by atoms with E-state index in [1.54, 1.807) is 0 Å². The van der Waals surface area contributed by atoms with Crippen LogP contribution in [0.3, 0.4) is 0 Å². The van der Waals surface area contributed by atoms with Crippen LogP contribution in [0.2, 0.25) is 0 Å². The fourth-order valence-electron chi connectivity index (χ4n) is 1.28. The minimum atomic E-state index is 0.734. The molecule has 0 radical (unpaired) electrons. The summed E-state index contributed by atoms with van der Waals surface area (Å²) in [6, 6.07) is 1.90. The van der Waals surface area contributed by atoms with Crippen molar-refractivity contribution >= 4 is 17.6 Å². The van der Waals surface area contributed by atoms with Crippen molar-refractivity contribution in [3.05, 3.63) is 39.8 Å². The summed E-state index contributed by atoms with van der Waals surface area (Å²) in [5.74, 6) is 0. The molecule has 0 aliphatic carbocycles. The standard InChI is InChI=1S/C10H10N2OS/c1-8-3-11-12(4-8)5-9-2-10(6-13)14-7-9/h2-4,6-7H,5H2,1H3. The SMILES string of the molecule is Cc1cnn(Cc2csc(C=O)c2)c1. The predicted molar refractivity (Wildman–Crippen MR) is 55.8 cm³/mol. The van der Waals surface area contributed by atoms with Crippen LogP contribution in [0.5, 0.6) is 0 Å². The Morgan fingerprint density at radius 3 is 3.07 bits per heavy atom. The second kappa shape index (κ2) is 3.75. The van der Waals surface area contributed by atoms with Crippen molar-refractivity contribution in [3.8, 4) is 0 Å². The Morgan fingerprint density at radius 2 is 2.50 bits per heavy atom. The summed E-state index contributed by atoms with van der Waals surface area (Å²) in [4.78, 5) is 11.2. The van der Waals surface area contributed by atoms with E-state index in [1.165, 1.54) is 11.3 Å². The molecule has 0 spiro atoms. The zero-order chi connectivity index (χ0) is 9.97. The molecule has 72 valence electrons. The number of carbonyl (C=O) groups excluding carboxylic acids is 1. The van der Waals surface area contributed by atoms with Gasteiger partial charge in [0, 0.05) is 6.20 Å². The van der Waals surface area contributed by atoms with E-state index >= 15 is 0 Å². The van der Waals surface area contributed by atoms with Crippen molar-refractivity contribution in [2.75, 3.05) is 0 Å². The molecule has 0 atom stereocenters. The van der Waals surface area contributed by atoms with Crippen molar-refractivity contribution in [2.45, 2.75) is 13.5 Å². The fourth-order valence-corrected chi connectivity index (χ4v) is 1.98. The topological polar surface area (TPSA) is 34.9 Å². The molecule has 4 heteroatoms. The van der Waals surface area contributed by atoms with Crippen LogP contribution in [0.1, 0.15) is 20.8 Å². The molecule has 2 aromatic rings. The van der Waals surface area contributed by atoms with E-state index in [1.807, 2.05) is 35.4 Å². The highest BCUT2D eigenvalue weighted by Gasteiger charge is 2.00. The van der Waals surface area contributed by atoms with Gasteiger partial charge < -0.3 is 0 Å². The maximum atomic E-state index is 10.5. The van der Waals surface area contributed by atoms with Crippen LogP contribution < -0.4 is 0 Å².